The van der Waals surface area contributed by atoms with Crippen molar-refractivity contribution in [3.05, 3.63) is 115 Å². The summed E-state index contributed by atoms with van der Waals surface area (Å²) < 4.78 is 0. The van der Waals surface area contributed by atoms with Crippen molar-refractivity contribution in [2.24, 2.45) is 30.7 Å². The van der Waals surface area contributed by atoms with Crippen LogP contribution in [0.15, 0.2) is 155 Å². The Balaban J connectivity index is 1.17. The predicted molar refractivity (Wildman–Crippen MR) is 195 cm³/mol. The van der Waals surface area contributed by atoms with Gasteiger partial charge in [-0.1, -0.05) is 18.2 Å². The maximum Gasteiger partial charge on any atom is 0.152 e. The van der Waals surface area contributed by atoms with Gasteiger partial charge in [0.1, 0.15) is 17.1 Å². The van der Waals surface area contributed by atoms with Crippen LogP contribution in [0, 0.1) is 6.92 Å². The number of fused-ring (bicyclic) bond motifs is 1. The second-order valence-corrected chi connectivity index (χ2v) is 12.0. The van der Waals surface area contributed by atoms with Gasteiger partial charge in [0.15, 0.2) is 5.75 Å². The van der Waals surface area contributed by atoms with Crippen molar-refractivity contribution in [1.29, 1.82) is 0 Å². The van der Waals surface area contributed by atoms with Crippen molar-refractivity contribution >= 4 is 94.2 Å². The minimum absolute atomic E-state index is 0.0239. The Hall–Kier alpha value is -5.17. The molecule has 6 rings (SSSR count). The highest BCUT2D eigenvalue weighted by Gasteiger charge is 2.12. The summed E-state index contributed by atoms with van der Waals surface area (Å²) in [5.74, 6) is -0.104. The molecule has 0 aliphatic rings. The second kappa shape index (κ2) is 14.1. The van der Waals surface area contributed by atoms with Crippen LogP contribution in [-0.4, -0.2) is 10.2 Å². The Kier molecular flexibility index (Phi) is 9.52. The molecule has 0 spiro atoms. The first-order valence-corrected chi connectivity index (χ1v) is 15.6. The van der Waals surface area contributed by atoms with E-state index in [2.05, 4.69) is 73.9 Å². The highest BCUT2D eigenvalue weighted by Crippen LogP contribution is 2.42. The molecule has 6 aromatic carbocycles. The number of hydrogen-bond acceptors (Lipinski definition) is 12. The molecule has 0 aromatic heterocycles. The van der Waals surface area contributed by atoms with E-state index in [1.165, 1.54) is 6.07 Å². The zero-order chi connectivity index (χ0) is 32.9. The molecule has 0 bridgehead atoms. The smallest absolute Gasteiger partial charge is 0.152 e. The Morgan fingerprint density at radius 1 is 0.553 bits per heavy atom. The van der Waals surface area contributed by atoms with Gasteiger partial charge in [0.2, 0.25) is 0 Å². The number of aryl methyl sites for hydroxylation is 1. The summed E-state index contributed by atoms with van der Waals surface area (Å²) in [6.07, 6.45) is 0. The maximum atomic E-state index is 11.1. The summed E-state index contributed by atoms with van der Waals surface area (Å²) in [5.41, 5.74) is 5.26. The lowest BCUT2D eigenvalue weighted by atomic mass is 10.1. The van der Waals surface area contributed by atoms with Gasteiger partial charge in [0.25, 0.3) is 0 Å². The summed E-state index contributed by atoms with van der Waals surface area (Å²) in [6, 6.07) is 32.5. The molecule has 0 aliphatic heterocycles. The van der Waals surface area contributed by atoms with Gasteiger partial charge in [0, 0.05) is 37.5 Å². The van der Waals surface area contributed by atoms with Crippen LogP contribution in [0.5, 0.6) is 11.5 Å². The molecule has 0 radical (unpaired) electrons. The third-order valence-electron chi connectivity index (χ3n) is 6.98. The molecule has 0 saturated heterocycles. The molecular weight excluding hydrogens is 647 g/mol. The summed E-state index contributed by atoms with van der Waals surface area (Å²) in [7, 11) is 0. The van der Waals surface area contributed by atoms with E-state index in [4.69, 9.17) is 0 Å². The van der Waals surface area contributed by atoms with Gasteiger partial charge in [-0.2, -0.15) is 20.5 Å². The van der Waals surface area contributed by atoms with Gasteiger partial charge in [-0.3, -0.25) is 0 Å². The number of thiol groups is 3. The zero-order valence-corrected chi connectivity index (χ0v) is 27.5. The van der Waals surface area contributed by atoms with E-state index >= 15 is 0 Å². The Labute approximate surface area is 287 Å². The summed E-state index contributed by atoms with van der Waals surface area (Å²) in [6.45, 7) is 1.87. The van der Waals surface area contributed by atoms with E-state index in [-0.39, 0.29) is 22.9 Å². The minimum Gasteiger partial charge on any atom is -0.506 e. The SMILES string of the molecule is Cc1cc(N=Nc2c(S)cc3ccc(Nc4cccc(S)c4)cc3c2O)ccc1N=Nc1ccc(N=Nc2cccc(S)c2)cc1O. The average Bonchev–Trinajstić information content (AvgIpc) is 3.04. The minimum atomic E-state index is -0.0799. The normalized spacial score (nSPS) is 11.7. The van der Waals surface area contributed by atoms with Crippen LogP contribution in [-0.2, 0) is 0 Å². The highest BCUT2D eigenvalue weighted by atomic mass is 32.1. The number of nitrogens with zero attached hydrogens (tertiary/aromatic N) is 6. The molecular formula is C35H27N7O2S3. The fourth-order valence-corrected chi connectivity index (χ4v) is 5.37. The molecule has 12 heteroatoms. The number of benzene rings is 6. The van der Waals surface area contributed by atoms with E-state index in [1.807, 2.05) is 73.7 Å². The standard InChI is InChI=1S/C35H27N7O2S3/c1-20-14-25(10-12-30(20)40-41-31-13-11-26(19-32(31)43)38-37-24-5-3-7-28(46)17-24)39-42-34-33(47)15-21-8-9-23(18-29(21)35(34)44)36-22-4-2-6-27(45)16-22/h2-19,36,43-47H,1H3. The third-order valence-corrected chi connectivity index (χ3v) is 7.88. The number of rotatable bonds is 8. The first kappa shape index (κ1) is 31.8. The molecule has 0 atom stereocenters. The number of hydrogen-bond donors (Lipinski definition) is 6. The highest BCUT2D eigenvalue weighted by molar-refractivity contribution is 7.80. The van der Waals surface area contributed by atoms with Crippen molar-refractivity contribution < 1.29 is 10.2 Å². The van der Waals surface area contributed by atoms with E-state index in [0.29, 0.717) is 33.0 Å². The molecule has 9 nitrogen and oxygen atoms in total. The number of phenols is 2. The van der Waals surface area contributed by atoms with Gasteiger partial charge in [-0.25, -0.2) is 0 Å². The molecule has 6 aromatic rings. The first-order valence-electron chi connectivity index (χ1n) is 14.2. The molecule has 232 valence electrons. The molecule has 0 amide bonds. The Morgan fingerprint density at radius 2 is 1.19 bits per heavy atom. The van der Waals surface area contributed by atoms with Gasteiger partial charge >= 0.3 is 0 Å². The van der Waals surface area contributed by atoms with Crippen molar-refractivity contribution in [1.82, 2.24) is 0 Å². The van der Waals surface area contributed by atoms with E-state index in [1.54, 1.807) is 36.4 Å². The van der Waals surface area contributed by atoms with E-state index in [9.17, 15) is 10.2 Å². The van der Waals surface area contributed by atoms with Gasteiger partial charge in [0.05, 0.1) is 22.7 Å². The fourth-order valence-electron chi connectivity index (χ4n) is 4.64. The fraction of sp³-hybridized carbons (Fsp3) is 0.0286. The van der Waals surface area contributed by atoms with Crippen LogP contribution in [0.2, 0.25) is 0 Å². The first-order chi connectivity index (χ1) is 22.7. The monoisotopic (exact) mass is 673 g/mol. The lowest BCUT2D eigenvalue weighted by molar-refractivity contribution is 0.476. The van der Waals surface area contributed by atoms with Gasteiger partial charge in [-0.15, -0.1) is 48.1 Å². The van der Waals surface area contributed by atoms with Gasteiger partial charge in [-0.05, 0) is 103 Å². The quantitative estimate of drug-likeness (QED) is 0.0711. The van der Waals surface area contributed by atoms with E-state index < -0.39 is 0 Å². The lowest BCUT2D eigenvalue weighted by Gasteiger charge is -2.11. The summed E-state index contributed by atoms with van der Waals surface area (Å²) in [4.78, 5) is 2.11. The number of nitrogens with one attached hydrogen (secondary N) is 1. The predicted octanol–water partition coefficient (Wildman–Crippen LogP) is 12.4. The molecule has 0 unspecified atom stereocenters. The maximum absolute atomic E-state index is 11.1. The zero-order valence-electron chi connectivity index (χ0n) is 24.8. The lowest BCUT2D eigenvalue weighted by Crippen LogP contribution is -1.90. The Morgan fingerprint density at radius 3 is 1.91 bits per heavy atom. The second-order valence-electron chi connectivity index (χ2n) is 10.5. The topological polar surface area (TPSA) is 127 Å². The van der Waals surface area contributed by atoms with Crippen LogP contribution in [0.25, 0.3) is 10.8 Å². The molecule has 0 aliphatic carbocycles. The van der Waals surface area contributed by atoms with Crippen molar-refractivity contribution in [3.8, 4) is 11.5 Å². The van der Waals surface area contributed by atoms with Crippen LogP contribution in [0.4, 0.5) is 45.5 Å². The van der Waals surface area contributed by atoms with Crippen LogP contribution < -0.4 is 5.32 Å². The largest absolute Gasteiger partial charge is 0.506 e. The van der Waals surface area contributed by atoms with Crippen molar-refractivity contribution in [3.63, 3.8) is 0 Å². The number of azo groups is 3. The van der Waals surface area contributed by atoms with Crippen LogP contribution in [0.3, 0.4) is 0 Å². The van der Waals surface area contributed by atoms with E-state index in [0.717, 1.165) is 32.1 Å². The molecule has 0 fully saturated rings. The number of anilines is 2. The Bertz CT molecular complexity index is 2220. The molecule has 0 saturated carbocycles. The van der Waals surface area contributed by atoms with Gasteiger partial charge < -0.3 is 15.5 Å². The third kappa shape index (κ3) is 7.80. The molecule has 47 heavy (non-hydrogen) atoms. The van der Waals surface area contributed by atoms with Crippen molar-refractivity contribution in [2.75, 3.05) is 5.32 Å². The molecule has 0 heterocycles. The number of phenolic OH excluding ortho intramolecular Hbond substituents is 2. The van der Waals surface area contributed by atoms with Crippen LogP contribution >= 0.6 is 37.9 Å². The summed E-state index contributed by atoms with van der Waals surface area (Å²) >= 11 is 13.3. The number of aromatic hydroxyl groups is 2. The van der Waals surface area contributed by atoms with Crippen molar-refractivity contribution in [2.45, 2.75) is 21.6 Å². The van der Waals surface area contributed by atoms with Crippen LogP contribution in [0.1, 0.15) is 5.56 Å². The molecule has 3 N–H and O–H groups in total. The average molecular weight is 674 g/mol. The summed E-state index contributed by atoms with van der Waals surface area (Å²) in [5, 5.41) is 51.9.